The highest BCUT2D eigenvalue weighted by Crippen LogP contribution is 2.35. The normalized spacial score (nSPS) is 22.9. The Morgan fingerprint density at radius 2 is 1.82 bits per heavy atom. The number of anilines is 1. The molecule has 2 aliphatic carbocycles. The van der Waals surface area contributed by atoms with Gasteiger partial charge < -0.3 is 11.1 Å². The first-order chi connectivity index (χ1) is 16.0. The second-order valence-corrected chi connectivity index (χ2v) is 9.38. The third-order valence-electron chi connectivity index (χ3n) is 6.99. The summed E-state index contributed by atoms with van der Waals surface area (Å²) in [4.78, 5) is 24.9. The molecular weight excluding hydrogens is 416 g/mol. The van der Waals surface area contributed by atoms with Crippen LogP contribution in [0.5, 0.6) is 0 Å². The number of H-pyrrole nitrogens is 1. The fourth-order valence-corrected chi connectivity index (χ4v) is 4.73. The van der Waals surface area contributed by atoms with Crippen molar-refractivity contribution in [1.29, 1.82) is 5.26 Å². The molecule has 33 heavy (non-hydrogen) atoms. The van der Waals surface area contributed by atoms with E-state index < -0.39 is 5.91 Å². The van der Waals surface area contributed by atoms with E-state index in [0.29, 0.717) is 5.92 Å². The van der Waals surface area contributed by atoms with Crippen LogP contribution in [0.25, 0.3) is 0 Å². The van der Waals surface area contributed by atoms with Gasteiger partial charge >= 0.3 is 0 Å². The first-order valence-corrected chi connectivity index (χ1v) is 11.8. The van der Waals surface area contributed by atoms with Crippen LogP contribution in [0.1, 0.15) is 66.8 Å². The molecule has 1 aliphatic heterocycles. The monoisotopic (exact) mass is 448 g/mol. The third-order valence-corrected chi connectivity index (χ3v) is 6.99. The number of aromatic nitrogens is 2. The van der Waals surface area contributed by atoms with Gasteiger partial charge in [-0.05, 0) is 50.0 Å². The van der Waals surface area contributed by atoms with Crippen LogP contribution in [0.15, 0.2) is 36.5 Å². The van der Waals surface area contributed by atoms with E-state index in [2.05, 4.69) is 56.8 Å². The summed E-state index contributed by atoms with van der Waals surface area (Å²) in [7, 11) is 0. The number of nitrogens with one attached hydrogen (secondary N) is 2. The third kappa shape index (κ3) is 5.99. The van der Waals surface area contributed by atoms with Crippen LogP contribution in [-0.2, 0) is 4.79 Å². The number of likely N-dealkylation sites (tertiary alicyclic amines) is 1. The number of amides is 2. The molecule has 3 aliphatic rings. The molecule has 2 amide bonds. The van der Waals surface area contributed by atoms with Crippen LogP contribution >= 0.6 is 0 Å². The van der Waals surface area contributed by atoms with Crippen molar-refractivity contribution < 1.29 is 9.59 Å². The number of aromatic amines is 1. The molecule has 8 nitrogen and oxygen atoms in total. The molecule has 1 aromatic carbocycles. The number of carbonyl (C=O) groups is 2. The van der Waals surface area contributed by atoms with Crippen LogP contribution in [0, 0.1) is 23.2 Å². The molecule has 3 fully saturated rings. The summed E-state index contributed by atoms with van der Waals surface area (Å²) in [6.07, 6.45) is 8.99. The molecule has 1 saturated heterocycles. The minimum Gasteiger partial charge on any atom is -0.365 e. The predicted octanol–water partition coefficient (Wildman–Crippen LogP) is 3.42. The highest BCUT2D eigenvalue weighted by molar-refractivity contribution is 6.02. The summed E-state index contributed by atoms with van der Waals surface area (Å²) in [5.41, 5.74) is 6.78. The van der Waals surface area contributed by atoms with Crippen molar-refractivity contribution in [2.75, 3.05) is 18.4 Å². The maximum absolute atomic E-state index is 11.3. The van der Waals surface area contributed by atoms with Crippen LogP contribution in [0.3, 0.4) is 0 Å². The molecule has 0 radical (unpaired) electrons. The lowest BCUT2D eigenvalue weighted by molar-refractivity contribution is -0.117. The van der Waals surface area contributed by atoms with Crippen molar-refractivity contribution in [3.8, 4) is 6.07 Å². The smallest absolute Gasteiger partial charge is 0.254 e. The van der Waals surface area contributed by atoms with Crippen molar-refractivity contribution in [2.45, 2.75) is 56.9 Å². The zero-order valence-corrected chi connectivity index (χ0v) is 18.9. The van der Waals surface area contributed by atoms with Gasteiger partial charge in [0.15, 0.2) is 0 Å². The number of carbonyl (C=O) groups excluding carboxylic acids is 2. The fourth-order valence-electron chi connectivity index (χ4n) is 4.73. The Hall–Kier alpha value is -3.18. The number of rotatable bonds is 6. The minimum absolute atomic E-state index is 0.0824. The number of benzene rings is 1. The Morgan fingerprint density at radius 1 is 1.12 bits per heavy atom. The summed E-state index contributed by atoms with van der Waals surface area (Å²) in [6, 6.07) is 14.0. The van der Waals surface area contributed by atoms with Crippen molar-refractivity contribution in [3.63, 3.8) is 0 Å². The summed E-state index contributed by atoms with van der Waals surface area (Å²) in [5, 5.41) is 17.5. The molecule has 2 heterocycles. The van der Waals surface area contributed by atoms with E-state index in [1.807, 2.05) is 0 Å². The molecule has 0 unspecified atom stereocenters. The summed E-state index contributed by atoms with van der Waals surface area (Å²) < 4.78 is 0. The lowest BCUT2D eigenvalue weighted by atomic mass is 9.81. The summed E-state index contributed by atoms with van der Waals surface area (Å²) in [5.74, 6) is 1.10. The van der Waals surface area contributed by atoms with Gasteiger partial charge in [0.05, 0.1) is 12.3 Å². The Bertz CT molecular complexity index is 980. The van der Waals surface area contributed by atoms with Crippen LogP contribution in [0.4, 0.5) is 5.82 Å². The number of hydrogen-bond donors (Lipinski definition) is 3. The molecule has 5 rings (SSSR count). The maximum atomic E-state index is 11.3. The Labute approximate surface area is 194 Å². The van der Waals surface area contributed by atoms with Gasteiger partial charge in [-0.25, -0.2) is 0 Å². The van der Waals surface area contributed by atoms with Gasteiger partial charge in [0.25, 0.3) is 5.91 Å². The average Bonchev–Trinajstić information content (AvgIpc) is 3.54. The molecule has 8 heteroatoms. The number of nitriles is 1. The number of primary amides is 1. The first kappa shape index (κ1) is 23.0. The average molecular weight is 449 g/mol. The number of hydrogen-bond acceptors (Lipinski definition) is 5. The zero-order valence-electron chi connectivity index (χ0n) is 18.9. The van der Waals surface area contributed by atoms with Gasteiger partial charge in [-0.1, -0.05) is 30.3 Å². The van der Waals surface area contributed by atoms with E-state index in [1.165, 1.54) is 50.5 Å². The van der Waals surface area contributed by atoms with Gasteiger partial charge in [0.2, 0.25) is 5.91 Å². The highest BCUT2D eigenvalue weighted by Gasteiger charge is 2.35. The molecule has 174 valence electrons. The van der Waals surface area contributed by atoms with Crippen molar-refractivity contribution in [1.82, 2.24) is 15.1 Å². The molecule has 4 N–H and O–H groups in total. The van der Waals surface area contributed by atoms with E-state index in [4.69, 9.17) is 11.0 Å². The van der Waals surface area contributed by atoms with Crippen molar-refractivity contribution >= 4 is 17.6 Å². The number of nitrogens with zero attached hydrogens (tertiary/aromatic N) is 3. The first-order valence-electron chi connectivity index (χ1n) is 11.8. The topological polar surface area (TPSA) is 128 Å². The molecule has 2 aromatic rings. The van der Waals surface area contributed by atoms with Crippen molar-refractivity contribution in [2.24, 2.45) is 17.6 Å². The van der Waals surface area contributed by atoms with Gasteiger partial charge in [-0.2, -0.15) is 10.4 Å². The zero-order chi connectivity index (χ0) is 23.2. The number of nitrogens with two attached hydrogens (primary N) is 1. The van der Waals surface area contributed by atoms with E-state index in [-0.39, 0.29) is 23.2 Å². The van der Waals surface area contributed by atoms with E-state index >= 15 is 0 Å². The van der Waals surface area contributed by atoms with Crippen molar-refractivity contribution in [3.05, 3.63) is 47.7 Å². The molecular formula is C25H32N6O2. The minimum atomic E-state index is -0.607. The standard InChI is InChI=1S/C17H22N2.C8H10N4O2/c18-11-10-14-6-8-17(9-7-14)19-12-16(13-19)15-4-2-1-3-5-15;9-6(13)5-3-10-12-7(5)11-8(14)4-1-2-4/h1-5,14,16-17H,6-10,12-13H2;3-4H,1-2H2,(H2,9,13)(H2,10,11,12,14). The van der Waals surface area contributed by atoms with Crippen LogP contribution in [0.2, 0.25) is 0 Å². The van der Waals surface area contributed by atoms with E-state index in [0.717, 1.165) is 31.2 Å². The SMILES string of the molecule is N#CCC1CCC(N2CC(c3ccccc3)C2)CC1.NC(=O)c1cn[nH]c1NC(=O)C1CC1. The Morgan fingerprint density at radius 3 is 2.42 bits per heavy atom. The second-order valence-electron chi connectivity index (χ2n) is 9.38. The van der Waals surface area contributed by atoms with Gasteiger partial charge in [-0.3, -0.25) is 19.6 Å². The van der Waals surface area contributed by atoms with E-state index in [1.54, 1.807) is 0 Å². The Balaban J connectivity index is 0.000000165. The molecule has 1 aromatic heterocycles. The maximum Gasteiger partial charge on any atom is 0.254 e. The fraction of sp³-hybridized carbons (Fsp3) is 0.520. The summed E-state index contributed by atoms with van der Waals surface area (Å²) in [6.45, 7) is 2.47. The molecule has 2 saturated carbocycles. The van der Waals surface area contributed by atoms with Crippen LogP contribution in [-0.4, -0.2) is 46.0 Å². The molecule has 0 bridgehead atoms. The van der Waals surface area contributed by atoms with Gasteiger partial charge in [-0.15, -0.1) is 0 Å². The molecule has 0 atom stereocenters. The molecule has 0 spiro atoms. The largest absolute Gasteiger partial charge is 0.365 e. The lowest BCUT2D eigenvalue weighted by Gasteiger charge is -2.46. The second kappa shape index (κ2) is 10.6. The lowest BCUT2D eigenvalue weighted by Crippen LogP contribution is -2.51. The van der Waals surface area contributed by atoms with Crippen LogP contribution < -0.4 is 11.1 Å². The van der Waals surface area contributed by atoms with Gasteiger partial charge in [0.1, 0.15) is 11.4 Å². The quantitative estimate of drug-likeness (QED) is 0.624. The predicted molar refractivity (Wildman–Crippen MR) is 125 cm³/mol. The van der Waals surface area contributed by atoms with E-state index in [9.17, 15) is 9.59 Å². The Kier molecular flexibility index (Phi) is 7.40. The highest BCUT2D eigenvalue weighted by atomic mass is 16.2. The van der Waals surface area contributed by atoms with Gasteiger partial charge in [0, 0.05) is 37.4 Å². The summed E-state index contributed by atoms with van der Waals surface area (Å²) >= 11 is 0.